The highest BCUT2D eigenvalue weighted by Crippen LogP contribution is 2.22. The van der Waals surface area contributed by atoms with Crippen LogP contribution in [0.25, 0.3) is 0 Å². The fourth-order valence-electron chi connectivity index (χ4n) is 1.73. The summed E-state index contributed by atoms with van der Waals surface area (Å²) in [6.45, 7) is 1.53. The molecule has 1 aromatic rings. The summed E-state index contributed by atoms with van der Waals surface area (Å²) in [7, 11) is 0. The maximum absolute atomic E-state index is 13.4. The van der Waals surface area contributed by atoms with Crippen LogP contribution < -0.4 is 4.90 Å². The third-order valence-electron chi connectivity index (χ3n) is 2.40. The molecule has 2 nitrogen and oxygen atoms in total. The number of hydrogen-bond donors (Lipinski definition) is 0. The summed E-state index contributed by atoms with van der Waals surface area (Å²) in [6.07, 6.45) is 3.62. The number of anilines is 1. The molecule has 1 aromatic heterocycles. The first kappa shape index (κ1) is 9.71. The number of aromatic nitrogens is 1. The van der Waals surface area contributed by atoms with Gasteiger partial charge in [-0.1, -0.05) is 0 Å². The Bertz CT molecular complexity index is 319. The largest absolute Gasteiger partial charge is 0.353 e. The lowest BCUT2D eigenvalue weighted by molar-refractivity contribution is 0.554. The highest BCUT2D eigenvalue weighted by Gasteiger charge is 2.20. The van der Waals surface area contributed by atoms with Gasteiger partial charge in [-0.05, 0) is 25.0 Å². The molecule has 76 valence electrons. The van der Waals surface area contributed by atoms with Crippen molar-refractivity contribution in [3.05, 3.63) is 24.1 Å². The van der Waals surface area contributed by atoms with E-state index in [4.69, 9.17) is 11.6 Å². The Balaban J connectivity index is 2.18. The van der Waals surface area contributed by atoms with Crippen LogP contribution in [0.15, 0.2) is 18.3 Å². The molecule has 2 rings (SSSR count). The van der Waals surface area contributed by atoms with Crippen molar-refractivity contribution in [1.82, 2.24) is 4.98 Å². The normalized spacial score (nSPS) is 22.4. The maximum Gasteiger partial charge on any atom is 0.165 e. The van der Waals surface area contributed by atoms with Crippen LogP contribution in [0.2, 0.25) is 0 Å². The molecule has 1 aliphatic heterocycles. The lowest BCUT2D eigenvalue weighted by atomic mass is 10.1. The van der Waals surface area contributed by atoms with Crippen LogP contribution in [0, 0.1) is 5.82 Å². The van der Waals surface area contributed by atoms with Gasteiger partial charge in [-0.25, -0.2) is 9.37 Å². The molecule has 0 spiro atoms. The van der Waals surface area contributed by atoms with Crippen LogP contribution >= 0.6 is 11.6 Å². The van der Waals surface area contributed by atoms with Crippen LogP contribution in [0.4, 0.5) is 10.2 Å². The van der Waals surface area contributed by atoms with Gasteiger partial charge in [-0.15, -0.1) is 11.6 Å². The molecular weight excluding hydrogens is 203 g/mol. The Kier molecular flexibility index (Phi) is 2.87. The topological polar surface area (TPSA) is 16.1 Å². The van der Waals surface area contributed by atoms with Gasteiger partial charge in [0, 0.05) is 19.3 Å². The van der Waals surface area contributed by atoms with Crippen molar-refractivity contribution in [3.63, 3.8) is 0 Å². The van der Waals surface area contributed by atoms with Crippen LogP contribution in [0.1, 0.15) is 12.8 Å². The van der Waals surface area contributed by atoms with Gasteiger partial charge in [0.25, 0.3) is 0 Å². The first-order valence-electron chi connectivity index (χ1n) is 4.77. The highest BCUT2D eigenvalue weighted by atomic mass is 35.5. The standard InChI is InChI=1S/C10H12ClFN2/c11-8-3-2-6-14(7-8)10-9(12)4-1-5-13-10/h1,4-5,8H,2-3,6-7H2. The second-order valence-corrected chi connectivity index (χ2v) is 4.11. The summed E-state index contributed by atoms with van der Waals surface area (Å²) in [5.41, 5.74) is 0. The summed E-state index contributed by atoms with van der Waals surface area (Å²) in [6, 6.07) is 3.03. The van der Waals surface area contributed by atoms with E-state index in [2.05, 4.69) is 4.98 Å². The minimum absolute atomic E-state index is 0.116. The number of hydrogen-bond acceptors (Lipinski definition) is 2. The van der Waals surface area contributed by atoms with Crippen LogP contribution in [-0.2, 0) is 0 Å². The van der Waals surface area contributed by atoms with E-state index in [1.165, 1.54) is 6.07 Å². The van der Waals surface area contributed by atoms with Crippen molar-refractivity contribution in [3.8, 4) is 0 Å². The zero-order valence-corrected chi connectivity index (χ0v) is 8.54. The van der Waals surface area contributed by atoms with Crippen molar-refractivity contribution in [2.24, 2.45) is 0 Å². The van der Waals surface area contributed by atoms with Crippen molar-refractivity contribution < 1.29 is 4.39 Å². The van der Waals surface area contributed by atoms with E-state index in [0.29, 0.717) is 12.4 Å². The minimum atomic E-state index is -0.265. The van der Waals surface area contributed by atoms with Gasteiger partial charge in [0.15, 0.2) is 11.6 Å². The Morgan fingerprint density at radius 1 is 1.57 bits per heavy atom. The molecule has 4 heteroatoms. The molecule has 1 aliphatic rings. The third-order valence-corrected chi connectivity index (χ3v) is 2.76. The second-order valence-electron chi connectivity index (χ2n) is 3.49. The Morgan fingerprint density at radius 3 is 3.14 bits per heavy atom. The fraction of sp³-hybridized carbons (Fsp3) is 0.500. The highest BCUT2D eigenvalue weighted by molar-refractivity contribution is 6.21. The van der Waals surface area contributed by atoms with E-state index in [1.54, 1.807) is 12.3 Å². The SMILES string of the molecule is Fc1cccnc1N1CCCC(Cl)C1. The Morgan fingerprint density at radius 2 is 2.43 bits per heavy atom. The van der Waals surface area contributed by atoms with E-state index < -0.39 is 0 Å². The van der Waals surface area contributed by atoms with Crippen molar-refractivity contribution in [2.45, 2.75) is 18.2 Å². The number of halogens is 2. The Labute approximate surface area is 87.7 Å². The molecule has 0 N–H and O–H groups in total. The summed E-state index contributed by atoms with van der Waals surface area (Å²) in [4.78, 5) is 5.94. The van der Waals surface area contributed by atoms with Crippen molar-refractivity contribution in [1.29, 1.82) is 0 Å². The molecular formula is C10H12ClFN2. The molecule has 14 heavy (non-hydrogen) atoms. The first-order chi connectivity index (χ1) is 6.77. The minimum Gasteiger partial charge on any atom is -0.353 e. The zero-order valence-electron chi connectivity index (χ0n) is 7.79. The molecule has 0 bridgehead atoms. The summed E-state index contributed by atoms with van der Waals surface area (Å²) in [5, 5.41) is 0.116. The predicted molar refractivity (Wildman–Crippen MR) is 55.3 cm³/mol. The van der Waals surface area contributed by atoms with Gasteiger partial charge in [0.2, 0.25) is 0 Å². The van der Waals surface area contributed by atoms with Gasteiger partial charge in [0.1, 0.15) is 0 Å². The average molecular weight is 215 g/mol. The van der Waals surface area contributed by atoms with Gasteiger partial charge < -0.3 is 4.90 Å². The van der Waals surface area contributed by atoms with Gasteiger partial charge >= 0.3 is 0 Å². The first-order valence-corrected chi connectivity index (χ1v) is 5.20. The average Bonchev–Trinajstić information content (AvgIpc) is 2.18. The van der Waals surface area contributed by atoms with Gasteiger partial charge in [0.05, 0.1) is 5.38 Å². The van der Waals surface area contributed by atoms with Crippen molar-refractivity contribution in [2.75, 3.05) is 18.0 Å². The Hall–Kier alpha value is -0.830. The quantitative estimate of drug-likeness (QED) is 0.668. The predicted octanol–water partition coefficient (Wildman–Crippen LogP) is 2.43. The van der Waals surface area contributed by atoms with E-state index in [-0.39, 0.29) is 11.2 Å². The zero-order chi connectivity index (χ0) is 9.97. The smallest absolute Gasteiger partial charge is 0.165 e. The lowest BCUT2D eigenvalue weighted by Crippen LogP contribution is -2.36. The number of pyridine rings is 1. The molecule has 2 heterocycles. The molecule has 1 atom stereocenters. The number of piperidine rings is 1. The van der Waals surface area contributed by atoms with Gasteiger partial charge in [-0.3, -0.25) is 0 Å². The van der Waals surface area contributed by atoms with Crippen LogP contribution in [-0.4, -0.2) is 23.5 Å². The summed E-state index contributed by atoms with van der Waals surface area (Å²) < 4.78 is 13.4. The van der Waals surface area contributed by atoms with E-state index in [0.717, 1.165) is 19.4 Å². The summed E-state index contributed by atoms with van der Waals surface area (Å²) in [5.74, 6) is 0.163. The molecule has 0 radical (unpaired) electrons. The molecule has 0 aliphatic carbocycles. The molecule has 1 fully saturated rings. The van der Waals surface area contributed by atoms with Crippen LogP contribution in [0.3, 0.4) is 0 Å². The number of alkyl halides is 1. The summed E-state index contributed by atoms with van der Waals surface area (Å²) >= 11 is 6.02. The molecule has 0 aromatic carbocycles. The van der Waals surface area contributed by atoms with Crippen molar-refractivity contribution >= 4 is 17.4 Å². The fourth-order valence-corrected chi connectivity index (χ4v) is 2.05. The van der Waals surface area contributed by atoms with E-state index >= 15 is 0 Å². The molecule has 0 saturated carbocycles. The van der Waals surface area contributed by atoms with E-state index in [9.17, 15) is 4.39 Å². The lowest BCUT2D eigenvalue weighted by Gasteiger charge is -2.30. The van der Waals surface area contributed by atoms with Gasteiger partial charge in [-0.2, -0.15) is 0 Å². The molecule has 0 amide bonds. The second kappa shape index (κ2) is 4.13. The molecule has 1 saturated heterocycles. The maximum atomic E-state index is 13.4. The van der Waals surface area contributed by atoms with E-state index in [1.807, 2.05) is 4.90 Å². The monoisotopic (exact) mass is 214 g/mol. The number of nitrogens with zero attached hydrogens (tertiary/aromatic N) is 2. The molecule has 1 unspecified atom stereocenters. The number of rotatable bonds is 1. The van der Waals surface area contributed by atoms with Crippen LogP contribution in [0.5, 0.6) is 0 Å². The third kappa shape index (κ3) is 1.98.